The van der Waals surface area contributed by atoms with E-state index in [0.29, 0.717) is 17.5 Å². The van der Waals surface area contributed by atoms with E-state index < -0.39 is 29.7 Å². The van der Waals surface area contributed by atoms with Crippen LogP contribution in [0.1, 0.15) is 44.7 Å². The normalized spacial score (nSPS) is 12.9. The monoisotopic (exact) mass is 542 g/mol. The maximum Gasteiger partial charge on any atom is 0.267 e. The summed E-state index contributed by atoms with van der Waals surface area (Å²) in [4.78, 5) is 69.5. The molecule has 1 heterocycles. The lowest BCUT2D eigenvalue weighted by Gasteiger charge is -2.20. The molecule has 5 amide bonds. The molecule has 0 radical (unpaired) electrons. The van der Waals surface area contributed by atoms with E-state index in [2.05, 4.69) is 16.1 Å². The number of aryl methyl sites for hydroxylation is 1. The minimum atomic E-state index is -1.15. The van der Waals surface area contributed by atoms with E-state index >= 15 is 0 Å². The topological polar surface area (TPSA) is 134 Å². The van der Waals surface area contributed by atoms with E-state index in [1.54, 1.807) is 24.3 Å². The molecule has 3 aromatic carbocycles. The number of imide groups is 1. The summed E-state index contributed by atoms with van der Waals surface area (Å²) in [6.45, 7) is -0.218. The maximum absolute atomic E-state index is 12.9. The van der Waals surface area contributed by atoms with E-state index in [1.165, 1.54) is 0 Å². The Hall–Kier alpha value is -4.83. The van der Waals surface area contributed by atoms with Gasteiger partial charge in [-0.05, 0) is 29.7 Å². The molecule has 10 nitrogen and oxygen atoms in total. The standard InChI is InChI=1S/C30H30N4O6/c35-26(16-15-21-9-3-1-4-10-21)31-19-25(28(37)33-40-20-22-11-5-2-6-12-22)32-27(36)17-18-34-29(38)23-13-7-8-14-24(23)30(34)39/h1-14,25H,15-20H2,(H,31,35)(H,32,36)(H,33,37). The quantitative estimate of drug-likeness (QED) is 0.224. The molecule has 0 saturated carbocycles. The van der Waals surface area contributed by atoms with Crippen molar-refractivity contribution in [2.45, 2.75) is 31.9 Å². The molecule has 0 aromatic heterocycles. The van der Waals surface area contributed by atoms with Crippen molar-refractivity contribution in [1.29, 1.82) is 0 Å². The molecule has 1 atom stereocenters. The highest BCUT2D eigenvalue weighted by molar-refractivity contribution is 6.21. The van der Waals surface area contributed by atoms with Crippen molar-refractivity contribution < 1.29 is 28.8 Å². The number of hydrogen-bond donors (Lipinski definition) is 3. The van der Waals surface area contributed by atoms with Crippen LogP contribution in [-0.4, -0.2) is 53.6 Å². The lowest BCUT2D eigenvalue weighted by Crippen LogP contribution is -2.53. The first-order chi connectivity index (χ1) is 19.4. The second kappa shape index (κ2) is 13.8. The number of nitrogens with one attached hydrogen (secondary N) is 3. The molecule has 0 fully saturated rings. The Labute approximate surface area is 231 Å². The smallest absolute Gasteiger partial charge is 0.267 e. The van der Waals surface area contributed by atoms with Crippen molar-refractivity contribution in [2.24, 2.45) is 0 Å². The minimum Gasteiger partial charge on any atom is -0.353 e. The van der Waals surface area contributed by atoms with E-state index in [1.807, 2.05) is 60.7 Å². The summed E-state index contributed by atoms with van der Waals surface area (Å²) in [7, 11) is 0. The number of benzene rings is 3. The summed E-state index contributed by atoms with van der Waals surface area (Å²) in [5.41, 5.74) is 4.73. The summed E-state index contributed by atoms with van der Waals surface area (Å²) in [5.74, 6) is -2.45. The van der Waals surface area contributed by atoms with Gasteiger partial charge in [-0.15, -0.1) is 0 Å². The van der Waals surface area contributed by atoms with Crippen LogP contribution >= 0.6 is 0 Å². The molecule has 0 spiro atoms. The Morgan fingerprint density at radius 3 is 1.93 bits per heavy atom. The van der Waals surface area contributed by atoms with Crippen LogP contribution in [0.3, 0.4) is 0 Å². The van der Waals surface area contributed by atoms with Gasteiger partial charge in [0.15, 0.2) is 0 Å². The number of hydrogen-bond acceptors (Lipinski definition) is 6. The van der Waals surface area contributed by atoms with Gasteiger partial charge in [-0.3, -0.25) is 33.7 Å². The predicted molar refractivity (Wildman–Crippen MR) is 146 cm³/mol. The van der Waals surface area contributed by atoms with Crippen molar-refractivity contribution in [1.82, 2.24) is 21.0 Å². The van der Waals surface area contributed by atoms with Crippen LogP contribution in [0.25, 0.3) is 0 Å². The highest BCUT2D eigenvalue weighted by Gasteiger charge is 2.35. The fraction of sp³-hybridized carbons (Fsp3) is 0.233. The van der Waals surface area contributed by atoms with E-state index in [-0.39, 0.29) is 38.4 Å². The fourth-order valence-corrected chi connectivity index (χ4v) is 4.17. The first kappa shape index (κ1) is 28.2. The molecule has 0 saturated heterocycles. The van der Waals surface area contributed by atoms with Crippen LogP contribution < -0.4 is 16.1 Å². The molecule has 3 aromatic rings. The van der Waals surface area contributed by atoms with Crippen LogP contribution in [0.4, 0.5) is 0 Å². The average molecular weight is 543 g/mol. The molecule has 0 bridgehead atoms. The van der Waals surface area contributed by atoms with Gasteiger partial charge in [0.1, 0.15) is 6.04 Å². The zero-order valence-electron chi connectivity index (χ0n) is 21.8. The Bertz CT molecular complexity index is 1330. The first-order valence-corrected chi connectivity index (χ1v) is 12.9. The van der Waals surface area contributed by atoms with E-state index in [9.17, 15) is 24.0 Å². The maximum atomic E-state index is 12.9. The fourth-order valence-electron chi connectivity index (χ4n) is 4.17. The van der Waals surface area contributed by atoms with Crippen LogP contribution in [-0.2, 0) is 32.2 Å². The van der Waals surface area contributed by atoms with Gasteiger partial charge in [-0.1, -0.05) is 72.8 Å². The number of fused-ring (bicyclic) bond motifs is 1. The summed E-state index contributed by atoms with van der Waals surface area (Å²) in [6, 6.07) is 24.0. The Morgan fingerprint density at radius 2 is 1.30 bits per heavy atom. The summed E-state index contributed by atoms with van der Waals surface area (Å²) in [6.07, 6.45) is 0.509. The number of carbonyl (C=O) groups is 5. The molecule has 1 unspecified atom stereocenters. The van der Waals surface area contributed by atoms with Crippen molar-refractivity contribution in [3.63, 3.8) is 0 Å². The Morgan fingerprint density at radius 1 is 0.725 bits per heavy atom. The molecule has 4 rings (SSSR count). The van der Waals surface area contributed by atoms with Gasteiger partial charge in [0.25, 0.3) is 17.7 Å². The van der Waals surface area contributed by atoms with Crippen molar-refractivity contribution in [3.8, 4) is 0 Å². The molecular formula is C30H30N4O6. The van der Waals surface area contributed by atoms with Crippen LogP contribution in [0.5, 0.6) is 0 Å². The average Bonchev–Trinajstić information content (AvgIpc) is 3.22. The number of rotatable bonds is 13. The molecule has 1 aliphatic heterocycles. The SMILES string of the molecule is O=C(CCc1ccccc1)NCC(NC(=O)CCN1C(=O)c2ccccc2C1=O)C(=O)NOCc1ccccc1. The molecule has 10 heteroatoms. The molecule has 40 heavy (non-hydrogen) atoms. The number of nitrogens with zero attached hydrogens (tertiary/aromatic N) is 1. The van der Waals surface area contributed by atoms with Crippen LogP contribution in [0, 0.1) is 0 Å². The number of amides is 5. The van der Waals surface area contributed by atoms with E-state index in [4.69, 9.17) is 4.84 Å². The van der Waals surface area contributed by atoms with Gasteiger partial charge < -0.3 is 10.6 Å². The van der Waals surface area contributed by atoms with Crippen molar-refractivity contribution in [3.05, 3.63) is 107 Å². The Kier molecular flexibility index (Phi) is 9.73. The largest absolute Gasteiger partial charge is 0.353 e. The zero-order chi connectivity index (χ0) is 28.3. The highest BCUT2D eigenvalue weighted by atomic mass is 16.6. The molecule has 206 valence electrons. The molecule has 1 aliphatic rings. The second-order valence-corrected chi connectivity index (χ2v) is 9.21. The van der Waals surface area contributed by atoms with Crippen LogP contribution in [0.2, 0.25) is 0 Å². The zero-order valence-corrected chi connectivity index (χ0v) is 21.8. The third kappa shape index (κ3) is 7.61. The highest BCUT2D eigenvalue weighted by Crippen LogP contribution is 2.22. The van der Waals surface area contributed by atoms with E-state index in [0.717, 1.165) is 16.0 Å². The summed E-state index contributed by atoms with van der Waals surface area (Å²) >= 11 is 0. The second-order valence-electron chi connectivity index (χ2n) is 9.21. The third-order valence-corrected chi connectivity index (χ3v) is 6.33. The third-order valence-electron chi connectivity index (χ3n) is 6.33. The van der Waals surface area contributed by atoms with Gasteiger partial charge in [-0.2, -0.15) is 0 Å². The predicted octanol–water partition coefficient (Wildman–Crippen LogP) is 2.15. The van der Waals surface area contributed by atoms with Gasteiger partial charge in [-0.25, -0.2) is 5.48 Å². The Balaban J connectivity index is 1.31. The lowest BCUT2D eigenvalue weighted by atomic mass is 10.1. The number of carbonyl (C=O) groups excluding carboxylic acids is 5. The minimum absolute atomic E-state index is 0.108. The van der Waals surface area contributed by atoms with Gasteiger partial charge in [0.05, 0.1) is 17.7 Å². The molecular weight excluding hydrogens is 512 g/mol. The summed E-state index contributed by atoms with van der Waals surface area (Å²) in [5, 5.41) is 5.26. The lowest BCUT2D eigenvalue weighted by molar-refractivity contribution is -0.139. The first-order valence-electron chi connectivity index (χ1n) is 12.9. The molecule has 3 N–H and O–H groups in total. The van der Waals surface area contributed by atoms with Crippen molar-refractivity contribution >= 4 is 29.5 Å². The van der Waals surface area contributed by atoms with Crippen LogP contribution in [0.15, 0.2) is 84.9 Å². The van der Waals surface area contributed by atoms with Gasteiger partial charge in [0.2, 0.25) is 11.8 Å². The van der Waals surface area contributed by atoms with Gasteiger partial charge in [0, 0.05) is 25.9 Å². The molecule has 0 aliphatic carbocycles. The number of hydroxylamine groups is 1. The van der Waals surface area contributed by atoms with Crippen molar-refractivity contribution in [2.75, 3.05) is 13.1 Å². The van der Waals surface area contributed by atoms with Gasteiger partial charge >= 0.3 is 0 Å². The summed E-state index contributed by atoms with van der Waals surface area (Å²) < 4.78 is 0.